The fourth-order valence-electron chi connectivity index (χ4n) is 2.48. The summed E-state index contributed by atoms with van der Waals surface area (Å²) in [7, 11) is 0. The molecule has 0 bridgehead atoms. The van der Waals surface area contributed by atoms with Crippen molar-refractivity contribution >= 4 is 40.3 Å². The lowest BCUT2D eigenvalue weighted by atomic mass is 10.2. The van der Waals surface area contributed by atoms with Crippen molar-refractivity contribution in [2.75, 3.05) is 12.8 Å². The molecule has 2 N–H and O–H groups in total. The van der Waals surface area contributed by atoms with E-state index < -0.39 is 0 Å². The third kappa shape index (κ3) is 3.91. The van der Waals surface area contributed by atoms with E-state index in [2.05, 4.69) is 15.3 Å². The lowest BCUT2D eigenvalue weighted by Gasteiger charge is -2.07. The molecule has 3 aromatic rings. The van der Waals surface area contributed by atoms with E-state index in [-0.39, 0.29) is 5.91 Å². The minimum Gasteiger partial charge on any atom is -0.352 e. The van der Waals surface area contributed by atoms with E-state index in [0.29, 0.717) is 17.1 Å². The lowest BCUT2D eigenvalue weighted by Crippen LogP contribution is -2.25. The summed E-state index contributed by atoms with van der Waals surface area (Å²) in [5, 5.41) is 3.40. The first-order valence-corrected chi connectivity index (χ1v) is 9.33. The molecule has 0 unspecified atom stereocenters. The van der Waals surface area contributed by atoms with Gasteiger partial charge in [0.15, 0.2) is 0 Å². The summed E-state index contributed by atoms with van der Waals surface area (Å²) in [5.41, 5.74) is 2.53. The number of aromatic nitrogens is 2. The second kappa shape index (κ2) is 7.73. The van der Waals surface area contributed by atoms with Gasteiger partial charge in [-0.05, 0) is 43.0 Å². The monoisotopic (exact) mass is 359 g/mol. The zero-order chi connectivity index (χ0) is 16.9. The molecule has 1 aromatic heterocycles. The molecule has 3 rings (SSSR count). The molecule has 2 aromatic carbocycles. The number of nitrogens with zero attached hydrogens (tertiary/aromatic N) is 1. The van der Waals surface area contributed by atoms with Crippen LogP contribution in [0.2, 0.25) is 5.02 Å². The van der Waals surface area contributed by atoms with Gasteiger partial charge in [-0.15, -0.1) is 11.8 Å². The third-order valence-electron chi connectivity index (χ3n) is 3.73. The van der Waals surface area contributed by atoms with Gasteiger partial charge in [0.2, 0.25) is 0 Å². The molecule has 0 fully saturated rings. The average Bonchev–Trinajstić information content (AvgIpc) is 3.01. The average molecular weight is 360 g/mol. The van der Waals surface area contributed by atoms with Crippen molar-refractivity contribution in [2.45, 2.75) is 17.7 Å². The molecule has 24 heavy (non-hydrogen) atoms. The molecular weight excluding hydrogens is 342 g/mol. The second-order valence-corrected chi connectivity index (χ2v) is 6.69. The maximum atomic E-state index is 12.3. The number of nitrogens with one attached hydrogen (secondary N) is 2. The van der Waals surface area contributed by atoms with E-state index in [1.54, 1.807) is 17.8 Å². The standard InChI is InChI=1S/C18H18ClN3OS/c1-24-12-8-9-14(19)13(11-12)18(23)20-10-4-7-17-21-15-5-2-3-6-16(15)22-17/h2-3,5-6,8-9,11H,4,7,10H2,1H3,(H,20,23)(H,21,22). The highest BCUT2D eigenvalue weighted by Crippen LogP contribution is 2.22. The van der Waals surface area contributed by atoms with Crippen LogP contribution in [0.1, 0.15) is 22.6 Å². The van der Waals surface area contributed by atoms with Crippen molar-refractivity contribution < 1.29 is 4.79 Å². The number of H-pyrrole nitrogens is 1. The number of carbonyl (C=O) groups is 1. The van der Waals surface area contributed by atoms with Crippen molar-refractivity contribution in [2.24, 2.45) is 0 Å². The van der Waals surface area contributed by atoms with E-state index in [9.17, 15) is 4.79 Å². The van der Waals surface area contributed by atoms with Crippen molar-refractivity contribution in [3.8, 4) is 0 Å². The first kappa shape index (κ1) is 16.9. The summed E-state index contributed by atoms with van der Waals surface area (Å²) < 4.78 is 0. The maximum absolute atomic E-state index is 12.3. The molecular formula is C18H18ClN3OS. The van der Waals surface area contributed by atoms with Crippen molar-refractivity contribution in [1.29, 1.82) is 0 Å². The number of fused-ring (bicyclic) bond motifs is 1. The number of benzene rings is 2. The Bertz CT molecular complexity index is 829. The predicted octanol–water partition coefficient (Wildman–Crippen LogP) is 4.30. The zero-order valence-electron chi connectivity index (χ0n) is 13.3. The fraction of sp³-hybridized carbons (Fsp3) is 0.222. The zero-order valence-corrected chi connectivity index (χ0v) is 14.9. The van der Waals surface area contributed by atoms with Gasteiger partial charge in [0, 0.05) is 17.9 Å². The largest absolute Gasteiger partial charge is 0.352 e. The number of hydrogen-bond donors (Lipinski definition) is 2. The van der Waals surface area contributed by atoms with Gasteiger partial charge < -0.3 is 10.3 Å². The van der Waals surface area contributed by atoms with E-state index in [1.807, 2.05) is 42.7 Å². The number of rotatable bonds is 6. The number of aromatic amines is 1. The Morgan fingerprint density at radius 3 is 2.92 bits per heavy atom. The van der Waals surface area contributed by atoms with Crippen LogP contribution in [0.5, 0.6) is 0 Å². The molecule has 6 heteroatoms. The fourth-order valence-corrected chi connectivity index (χ4v) is 3.13. The minimum absolute atomic E-state index is 0.138. The van der Waals surface area contributed by atoms with Crippen LogP contribution in [0.25, 0.3) is 11.0 Å². The molecule has 1 heterocycles. The topological polar surface area (TPSA) is 57.8 Å². The molecule has 0 aliphatic carbocycles. The number of para-hydroxylation sites is 2. The number of carbonyl (C=O) groups excluding carboxylic acids is 1. The molecule has 0 saturated heterocycles. The van der Waals surface area contributed by atoms with E-state index in [1.165, 1.54) is 0 Å². The maximum Gasteiger partial charge on any atom is 0.252 e. The Hall–Kier alpha value is -1.98. The highest BCUT2D eigenvalue weighted by molar-refractivity contribution is 7.98. The van der Waals surface area contributed by atoms with Gasteiger partial charge in [-0.2, -0.15) is 0 Å². The second-order valence-electron chi connectivity index (χ2n) is 5.41. The number of imidazole rings is 1. The first-order valence-electron chi connectivity index (χ1n) is 7.73. The van der Waals surface area contributed by atoms with Gasteiger partial charge in [-0.25, -0.2) is 4.98 Å². The Morgan fingerprint density at radius 2 is 2.12 bits per heavy atom. The van der Waals surface area contributed by atoms with Gasteiger partial charge in [-0.3, -0.25) is 4.79 Å². The van der Waals surface area contributed by atoms with E-state index in [4.69, 9.17) is 11.6 Å². The Kier molecular flexibility index (Phi) is 5.43. The van der Waals surface area contributed by atoms with Crippen molar-refractivity contribution in [3.63, 3.8) is 0 Å². The molecule has 0 aliphatic heterocycles. The van der Waals surface area contributed by atoms with Crippen LogP contribution in [0.15, 0.2) is 47.4 Å². The molecule has 0 spiro atoms. The van der Waals surface area contributed by atoms with Gasteiger partial charge in [0.05, 0.1) is 21.6 Å². The molecule has 4 nitrogen and oxygen atoms in total. The number of hydrogen-bond acceptors (Lipinski definition) is 3. The van der Waals surface area contributed by atoms with Gasteiger partial charge in [-0.1, -0.05) is 23.7 Å². The third-order valence-corrected chi connectivity index (χ3v) is 4.79. The SMILES string of the molecule is CSc1ccc(Cl)c(C(=O)NCCCc2nc3ccccc3[nH]2)c1. The van der Waals surface area contributed by atoms with Crippen LogP contribution >= 0.6 is 23.4 Å². The summed E-state index contributed by atoms with van der Waals surface area (Å²) in [6, 6.07) is 13.4. The summed E-state index contributed by atoms with van der Waals surface area (Å²) >= 11 is 7.70. The van der Waals surface area contributed by atoms with E-state index in [0.717, 1.165) is 34.6 Å². The molecule has 0 aliphatic rings. The highest BCUT2D eigenvalue weighted by atomic mass is 35.5. The quantitative estimate of drug-likeness (QED) is 0.509. The van der Waals surface area contributed by atoms with Crippen LogP contribution in [-0.2, 0) is 6.42 Å². The Morgan fingerprint density at radius 1 is 1.29 bits per heavy atom. The van der Waals surface area contributed by atoms with Crippen molar-refractivity contribution in [1.82, 2.24) is 15.3 Å². The number of aryl methyl sites for hydroxylation is 1. The summed E-state index contributed by atoms with van der Waals surface area (Å²) in [6.07, 6.45) is 3.57. The first-order chi connectivity index (χ1) is 11.7. The summed E-state index contributed by atoms with van der Waals surface area (Å²) in [6.45, 7) is 0.579. The molecule has 0 radical (unpaired) electrons. The van der Waals surface area contributed by atoms with Crippen LogP contribution in [0.3, 0.4) is 0 Å². The van der Waals surface area contributed by atoms with Crippen LogP contribution in [0.4, 0.5) is 0 Å². The number of halogens is 1. The minimum atomic E-state index is -0.138. The van der Waals surface area contributed by atoms with Crippen LogP contribution < -0.4 is 5.32 Å². The summed E-state index contributed by atoms with van der Waals surface area (Å²) in [5.74, 6) is 0.799. The van der Waals surface area contributed by atoms with Crippen LogP contribution in [0, 0.1) is 0 Å². The molecule has 124 valence electrons. The van der Waals surface area contributed by atoms with E-state index >= 15 is 0 Å². The molecule has 0 atom stereocenters. The predicted molar refractivity (Wildman–Crippen MR) is 100.0 cm³/mol. The summed E-state index contributed by atoms with van der Waals surface area (Å²) in [4.78, 5) is 21.1. The van der Waals surface area contributed by atoms with Gasteiger partial charge in [0.1, 0.15) is 5.82 Å². The highest BCUT2D eigenvalue weighted by Gasteiger charge is 2.11. The normalized spacial score (nSPS) is 10.9. The number of amides is 1. The lowest BCUT2D eigenvalue weighted by molar-refractivity contribution is 0.0953. The van der Waals surface area contributed by atoms with Crippen LogP contribution in [-0.4, -0.2) is 28.7 Å². The smallest absolute Gasteiger partial charge is 0.252 e. The number of thioether (sulfide) groups is 1. The molecule has 1 amide bonds. The van der Waals surface area contributed by atoms with Gasteiger partial charge in [0.25, 0.3) is 5.91 Å². The van der Waals surface area contributed by atoms with Crippen molar-refractivity contribution in [3.05, 3.63) is 58.9 Å². The molecule has 0 saturated carbocycles. The Labute approximate surface area is 150 Å². The Balaban J connectivity index is 1.53. The van der Waals surface area contributed by atoms with Gasteiger partial charge >= 0.3 is 0 Å².